The number of carbonyl (C=O) groups excluding carboxylic acids is 1. The summed E-state index contributed by atoms with van der Waals surface area (Å²) in [5, 5.41) is 1.04. The lowest BCUT2D eigenvalue weighted by Gasteiger charge is -2.26. The molecule has 1 atom stereocenters. The Bertz CT molecular complexity index is 1860. The van der Waals surface area contributed by atoms with Gasteiger partial charge < -0.3 is 18.8 Å². The second-order valence-corrected chi connectivity index (χ2v) is 10.3. The van der Waals surface area contributed by atoms with Crippen LogP contribution >= 0.6 is 11.3 Å². The average molecular weight is 558 g/mol. The SMILES string of the molecule is C=CCn1c(C)c(/C=c2/sc3n(c2=O)C(c2cc(OC)ccc2OC)C(C(=O)OCC)=C(C)N=3)c2ccccc21. The van der Waals surface area contributed by atoms with Gasteiger partial charge >= 0.3 is 5.97 Å². The van der Waals surface area contributed by atoms with Crippen LogP contribution in [0, 0.1) is 6.92 Å². The minimum Gasteiger partial charge on any atom is -0.497 e. The molecule has 1 unspecified atom stereocenters. The van der Waals surface area contributed by atoms with Crippen LogP contribution in [0.5, 0.6) is 11.5 Å². The summed E-state index contributed by atoms with van der Waals surface area (Å²) in [7, 11) is 3.12. The van der Waals surface area contributed by atoms with Crippen LogP contribution in [0.2, 0.25) is 0 Å². The standard InChI is InChI=1S/C31H31N3O5S/c1-7-15-33-19(4)22(21-11-9-10-12-24(21)33)17-26-29(35)34-28(23-16-20(37-5)13-14-25(23)38-6)27(30(36)39-8-2)18(3)32-31(34)40-26/h7,9-14,16-17,28H,1,8,15H2,2-6H3/b26-17+. The number of benzene rings is 2. The van der Waals surface area contributed by atoms with Crippen LogP contribution in [0.1, 0.15) is 36.7 Å². The zero-order chi connectivity index (χ0) is 28.6. The van der Waals surface area contributed by atoms with Crippen LogP contribution < -0.4 is 24.4 Å². The Hall–Kier alpha value is -4.37. The molecule has 9 heteroatoms. The van der Waals surface area contributed by atoms with Crippen LogP contribution in [-0.2, 0) is 16.1 Å². The molecule has 1 aliphatic rings. The fourth-order valence-electron chi connectivity index (χ4n) is 5.27. The van der Waals surface area contributed by atoms with Crippen LogP contribution in [-0.4, -0.2) is 35.9 Å². The second kappa shape index (κ2) is 11.0. The normalized spacial score (nSPS) is 15.1. The molecule has 8 nitrogen and oxygen atoms in total. The van der Waals surface area contributed by atoms with E-state index in [0.717, 1.165) is 22.2 Å². The van der Waals surface area contributed by atoms with Gasteiger partial charge in [-0.15, -0.1) is 6.58 Å². The first-order chi connectivity index (χ1) is 19.3. The molecule has 0 fully saturated rings. The van der Waals surface area contributed by atoms with Gasteiger partial charge in [-0.25, -0.2) is 9.79 Å². The minimum atomic E-state index is -0.814. The molecule has 4 aromatic rings. The zero-order valence-corrected chi connectivity index (χ0v) is 24.0. The number of para-hydroxylation sites is 1. The van der Waals surface area contributed by atoms with E-state index in [0.29, 0.717) is 38.6 Å². The lowest BCUT2D eigenvalue weighted by Crippen LogP contribution is -2.40. The summed E-state index contributed by atoms with van der Waals surface area (Å²) in [6.45, 7) is 10.3. The Morgan fingerprint density at radius 3 is 2.62 bits per heavy atom. The van der Waals surface area contributed by atoms with Crippen LogP contribution in [0.4, 0.5) is 0 Å². The molecule has 40 heavy (non-hydrogen) atoms. The predicted molar refractivity (Wildman–Crippen MR) is 157 cm³/mol. The molecule has 2 aromatic heterocycles. The smallest absolute Gasteiger partial charge is 0.338 e. The minimum absolute atomic E-state index is 0.191. The number of thiazole rings is 1. The van der Waals surface area contributed by atoms with Crippen molar-refractivity contribution in [3.63, 3.8) is 0 Å². The third kappa shape index (κ3) is 4.46. The summed E-state index contributed by atoms with van der Waals surface area (Å²) < 4.78 is 20.8. The fourth-order valence-corrected chi connectivity index (χ4v) is 6.30. The highest BCUT2D eigenvalue weighted by atomic mass is 32.1. The summed E-state index contributed by atoms with van der Waals surface area (Å²) in [6, 6.07) is 12.6. The third-order valence-electron chi connectivity index (χ3n) is 7.12. The van der Waals surface area contributed by atoms with Gasteiger partial charge in [0.25, 0.3) is 5.56 Å². The largest absolute Gasteiger partial charge is 0.497 e. The van der Waals surface area contributed by atoms with Crippen LogP contribution in [0.25, 0.3) is 17.0 Å². The molecule has 2 aromatic carbocycles. The van der Waals surface area contributed by atoms with Gasteiger partial charge in [-0.2, -0.15) is 0 Å². The summed E-state index contributed by atoms with van der Waals surface area (Å²) in [6.07, 6.45) is 3.78. The molecule has 0 radical (unpaired) electrons. The van der Waals surface area contributed by atoms with Crippen molar-refractivity contribution in [1.29, 1.82) is 0 Å². The number of ether oxygens (including phenoxy) is 3. The van der Waals surface area contributed by atoms with Gasteiger partial charge in [0, 0.05) is 34.3 Å². The molecular formula is C31H31N3O5S. The Kier molecular flexibility index (Phi) is 7.49. The van der Waals surface area contributed by atoms with E-state index in [1.165, 1.54) is 11.3 Å². The van der Waals surface area contributed by atoms with E-state index >= 15 is 0 Å². The molecule has 0 spiro atoms. The predicted octanol–water partition coefficient (Wildman–Crippen LogP) is 4.26. The highest BCUT2D eigenvalue weighted by molar-refractivity contribution is 7.07. The van der Waals surface area contributed by atoms with Gasteiger partial charge in [0.15, 0.2) is 4.80 Å². The molecule has 0 amide bonds. The Morgan fingerprint density at radius 2 is 1.93 bits per heavy atom. The maximum atomic E-state index is 14.2. The van der Waals surface area contributed by atoms with Crippen molar-refractivity contribution in [2.24, 2.45) is 4.99 Å². The molecular weight excluding hydrogens is 526 g/mol. The Morgan fingerprint density at radius 1 is 1.15 bits per heavy atom. The topological polar surface area (TPSA) is 84.0 Å². The fraction of sp³-hybridized carbons (Fsp3) is 0.258. The molecule has 5 rings (SSSR count). The second-order valence-electron chi connectivity index (χ2n) is 9.33. The van der Waals surface area contributed by atoms with E-state index in [1.807, 2.05) is 31.2 Å². The number of methoxy groups -OCH3 is 2. The van der Waals surface area contributed by atoms with Crippen molar-refractivity contribution < 1.29 is 19.0 Å². The quantitative estimate of drug-likeness (QED) is 0.239. The van der Waals surface area contributed by atoms with Crippen molar-refractivity contribution in [2.75, 3.05) is 20.8 Å². The first-order valence-corrected chi connectivity index (χ1v) is 13.8. The van der Waals surface area contributed by atoms with Crippen molar-refractivity contribution in [2.45, 2.75) is 33.4 Å². The number of fused-ring (bicyclic) bond motifs is 2. The van der Waals surface area contributed by atoms with E-state index in [2.05, 4.69) is 23.3 Å². The lowest BCUT2D eigenvalue weighted by molar-refractivity contribution is -0.139. The van der Waals surface area contributed by atoms with Gasteiger partial charge in [-0.1, -0.05) is 35.6 Å². The summed E-state index contributed by atoms with van der Waals surface area (Å²) in [5.74, 6) is 0.554. The van der Waals surface area contributed by atoms with E-state index < -0.39 is 12.0 Å². The number of rotatable bonds is 8. The number of esters is 1. The van der Waals surface area contributed by atoms with Crippen molar-refractivity contribution in [3.8, 4) is 11.5 Å². The summed E-state index contributed by atoms with van der Waals surface area (Å²) >= 11 is 1.29. The molecule has 1 aliphatic heterocycles. The molecule has 0 saturated heterocycles. The van der Waals surface area contributed by atoms with Gasteiger partial charge in [-0.05, 0) is 51.1 Å². The van der Waals surface area contributed by atoms with Crippen LogP contribution in [0.3, 0.4) is 0 Å². The summed E-state index contributed by atoms with van der Waals surface area (Å²) in [5.41, 5.74) is 4.17. The highest BCUT2D eigenvalue weighted by Crippen LogP contribution is 2.38. The van der Waals surface area contributed by atoms with Gasteiger partial charge in [0.2, 0.25) is 0 Å². The third-order valence-corrected chi connectivity index (χ3v) is 8.10. The van der Waals surface area contributed by atoms with Crippen LogP contribution in [0.15, 0.2) is 76.2 Å². The van der Waals surface area contributed by atoms with Gasteiger partial charge in [-0.3, -0.25) is 9.36 Å². The average Bonchev–Trinajstić information content (AvgIpc) is 3.40. The number of carbonyl (C=O) groups is 1. The Labute approximate surface area is 235 Å². The molecule has 0 bridgehead atoms. The first kappa shape index (κ1) is 27.2. The maximum Gasteiger partial charge on any atom is 0.338 e. The van der Waals surface area contributed by atoms with E-state index in [9.17, 15) is 9.59 Å². The molecule has 3 heterocycles. The first-order valence-electron chi connectivity index (χ1n) is 12.9. The molecule has 206 valence electrons. The van der Waals surface area contributed by atoms with E-state index in [4.69, 9.17) is 19.2 Å². The molecule has 0 N–H and O–H groups in total. The van der Waals surface area contributed by atoms with Gasteiger partial charge in [0.05, 0.1) is 36.6 Å². The molecule has 0 saturated carbocycles. The van der Waals surface area contributed by atoms with Crippen molar-refractivity contribution in [3.05, 3.63) is 103 Å². The summed E-state index contributed by atoms with van der Waals surface area (Å²) in [4.78, 5) is 32.6. The number of hydrogen-bond donors (Lipinski definition) is 0. The Balaban J connectivity index is 1.81. The molecule has 0 aliphatic carbocycles. The monoisotopic (exact) mass is 557 g/mol. The van der Waals surface area contributed by atoms with E-state index in [1.54, 1.807) is 50.8 Å². The van der Waals surface area contributed by atoms with Crippen molar-refractivity contribution >= 4 is 34.3 Å². The zero-order valence-electron chi connectivity index (χ0n) is 23.2. The van der Waals surface area contributed by atoms with Gasteiger partial charge in [0.1, 0.15) is 17.5 Å². The number of allylic oxidation sites excluding steroid dienone is 2. The lowest BCUT2D eigenvalue weighted by atomic mass is 9.94. The number of nitrogens with zero attached hydrogens (tertiary/aromatic N) is 3. The highest BCUT2D eigenvalue weighted by Gasteiger charge is 2.35. The van der Waals surface area contributed by atoms with E-state index in [-0.39, 0.29) is 17.7 Å². The number of aromatic nitrogens is 2. The number of hydrogen-bond acceptors (Lipinski definition) is 7. The van der Waals surface area contributed by atoms with Crippen molar-refractivity contribution in [1.82, 2.24) is 9.13 Å². The maximum absolute atomic E-state index is 14.2.